The monoisotopic (exact) mass is 402 g/mol. The molecule has 0 saturated heterocycles. The Balaban J connectivity index is 0. The molecule has 0 aromatic heterocycles. The number of hydrogen-bond donors (Lipinski definition) is 1. The Morgan fingerprint density at radius 1 is 1.07 bits per heavy atom. The first-order chi connectivity index (χ1) is 12.1. The molecule has 0 amide bonds. The number of carbonyl (C=O) groups is 1. The normalized spacial score (nSPS) is 11.1. The average Bonchev–Trinajstić information content (AvgIpc) is 2.64. The zero-order valence-corrected chi connectivity index (χ0v) is 18.2. The second kappa shape index (κ2) is 16.8. The van der Waals surface area contributed by atoms with Gasteiger partial charge in [0.1, 0.15) is 6.61 Å². The summed E-state index contributed by atoms with van der Waals surface area (Å²) in [4.78, 5) is 14.3. The zero-order valence-electron chi connectivity index (χ0n) is 17.4. The molecule has 0 aliphatic carbocycles. The van der Waals surface area contributed by atoms with Gasteiger partial charge in [0.2, 0.25) is 0 Å². The van der Waals surface area contributed by atoms with E-state index in [1.807, 2.05) is 24.3 Å². The van der Waals surface area contributed by atoms with E-state index >= 15 is 0 Å². The van der Waals surface area contributed by atoms with Gasteiger partial charge in [0.15, 0.2) is 0 Å². The molecule has 0 radical (unpaired) electrons. The number of nitrogens with one attached hydrogen (secondary N) is 1. The fourth-order valence-electron chi connectivity index (χ4n) is 2.91. The van der Waals surface area contributed by atoms with Gasteiger partial charge in [-0.3, -0.25) is 0 Å². The molecule has 6 heteroatoms. The van der Waals surface area contributed by atoms with Crippen molar-refractivity contribution in [3.05, 3.63) is 29.8 Å². The Bertz CT molecular complexity index is 479. The Morgan fingerprint density at radius 3 is 2.26 bits per heavy atom. The van der Waals surface area contributed by atoms with Crippen LogP contribution in [0.3, 0.4) is 0 Å². The topological polar surface area (TPSA) is 73.1 Å². The number of esters is 1. The summed E-state index contributed by atoms with van der Waals surface area (Å²) in [7, 11) is 0. The summed E-state index contributed by atoms with van der Waals surface area (Å²) in [5.41, 5.74) is 1.75. The van der Waals surface area contributed by atoms with E-state index in [0.29, 0.717) is 24.8 Å². The Kier molecular flexibility index (Phi) is 17.4. The van der Waals surface area contributed by atoms with E-state index in [4.69, 9.17) is 4.74 Å². The van der Waals surface area contributed by atoms with Crippen molar-refractivity contribution in [2.75, 3.05) is 31.1 Å². The van der Waals surface area contributed by atoms with Crippen LogP contribution in [0.2, 0.25) is 0 Å². The second-order valence-electron chi connectivity index (χ2n) is 6.56. The number of ether oxygens (including phenoxy) is 1. The summed E-state index contributed by atoms with van der Waals surface area (Å²) >= 11 is 0. The fraction of sp³-hybridized carbons (Fsp3) is 0.667. The van der Waals surface area contributed by atoms with Gasteiger partial charge in [0.05, 0.1) is 5.56 Å². The smallest absolute Gasteiger partial charge is 0.338 e. The highest BCUT2D eigenvalue weighted by atomic mass is 35.5. The van der Waals surface area contributed by atoms with E-state index in [2.05, 4.69) is 37.9 Å². The predicted molar refractivity (Wildman–Crippen MR) is 117 cm³/mol. The average molecular weight is 403 g/mol. The minimum Gasteiger partial charge on any atom is -0.461 e. The molecule has 0 saturated carbocycles. The minimum atomic E-state index is -0.247. The molecule has 0 fully saturated rings. The lowest BCUT2D eigenvalue weighted by molar-refractivity contribution is 0.0506. The first kappa shape index (κ1) is 27.9. The van der Waals surface area contributed by atoms with Crippen LogP contribution in [0, 0.1) is 0 Å². The SMILES string of the molecule is CCCCCCC(C)NCCOC(=O)c1ccc(N(CC)CC)cc1.Cl.O. The van der Waals surface area contributed by atoms with Crippen LogP contribution in [0.5, 0.6) is 0 Å². The predicted octanol–water partition coefficient (Wildman–Crippen LogP) is 4.24. The third-order valence-electron chi connectivity index (χ3n) is 4.55. The minimum absolute atomic E-state index is 0. The standard InChI is InChI=1S/C21H36N2O2.ClH.H2O/c1-5-8-9-10-11-18(4)22-16-17-25-21(24)19-12-14-20(15-13-19)23(6-2)7-3;;/h12-15,18,22H,5-11,16-17H2,1-4H3;1H;1H2. The maximum absolute atomic E-state index is 12.1. The van der Waals surface area contributed by atoms with Crippen LogP contribution in [0.15, 0.2) is 24.3 Å². The van der Waals surface area contributed by atoms with Crippen molar-refractivity contribution in [1.29, 1.82) is 0 Å². The third-order valence-corrected chi connectivity index (χ3v) is 4.55. The maximum atomic E-state index is 12.1. The molecular formula is C21H39ClN2O3. The summed E-state index contributed by atoms with van der Waals surface area (Å²) in [5, 5.41) is 3.42. The molecule has 1 aromatic carbocycles. The van der Waals surface area contributed by atoms with Crippen molar-refractivity contribution in [2.45, 2.75) is 65.8 Å². The van der Waals surface area contributed by atoms with Gasteiger partial charge < -0.3 is 20.4 Å². The Labute approximate surface area is 171 Å². The number of anilines is 1. The molecule has 0 aliphatic rings. The lowest BCUT2D eigenvalue weighted by atomic mass is 10.1. The molecular weight excluding hydrogens is 364 g/mol. The van der Waals surface area contributed by atoms with Gasteiger partial charge in [-0.25, -0.2) is 4.79 Å². The van der Waals surface area contributed by atoms with Crippen LogP contribution in [-0.4, -0.2) is 43.7 Å². The molecule has 1 unspecified atom stereocenters. The van der Waals surface area contributed by atoms with Crippen LogP contribution >= 0.6 is 12.4 Å². The van der Waals surface area contributed by atoms with Crippen molar-refractivity contribution in [3.63, 3.8) is 0 Å². The second-order valence-corrected chi connectivity index (χ2v) is 6.56. The Morgan fingerprint density at radius 2 is 1.70 bits per heavy atom. The number of hydrogen-bond acceptors (Lipinski definition) is 4. The van der Waals surface area contributed by atoms with Gasteiger partial charge in [-0.05, 0) is 51.5 Å². The lowest BCUT2D eigenvalue weighted by Crippen LogP contribution is -2.30. The Hall–Kier alpha value is -1.30. The first-order valence-corrected chi connectivity index (χ1v) is 9.87. The highest BCUT2D eigenvalue weighted by molar-refractivity contribution is 5.89. The van der Waals surface area contributed by atoms with Gasteiger partial charge in [0, 0.05) is 31.4 Å². The van der Waals surface area contributed by atoms with Gasteiger partial charge in [-0.1, -0.05) is 32.6 Å². The molecule has 0 spiro atoms. The number of benzene rings is 1. The summed E-state index contributed by atoms with van der Waals surface area (Å²) in [6, 6.07) is 8.14. The van der Waals surface area contributed by atoms with Gasteiger partial charge in [0.25, 0.3) is 0 Å². The molecule has 0 heterocycles. The number of rotatable bonds is 13. The molecule has 1 atom stereocenters. The van der Waals surface area contributed by atoms with Gasteiger partial charge in [-0.15, -0.1) is 12.4 Å². The fourth-order valence-corrected chi connectivity index (χ4v) is 2.91. The van der Waals surface area contributed by atoms with E-state index in [1.54, 1.807) is 0 Å². The highest BCUT2D eigenvalue weighted by Crippen LogP contribution is 2.15. The van der Waals surface area contributed by atoms with Crippen LogP contribution in [-0.2, 0) is 4.74 Å². The molecule has 0 bridgehead atoms. The molecule has 3 N–H and O–H groups in total. The first-order valence-electron chi connectivity index (χ1n) is 9.87. The number of carbonyl (C=O) groups excluding carboxylic acids is 1. The van der Waals surface area contributed by atoms with E-state index < -0.39 is 0 Å². The van der Waals surface area contributed by atoms with Crippen LogP contribution in [0.1, 0.15) is 70.2 Å². The van der Waals surface area contributed by atoms with E-state index in [-0.39, 0.29) is 23.9 Å². The molecule has 0 aliphatic heterocycles. The van der Waals surface area contributed by atoms with Crippen molar-refractivity contribution in [2.24, 2.45) is 0 Å². The van der Waals surface area contributed by atoms with Crippen molar-refractivity contribution in [3.8, 4) is 0 Å². The maximum Gasteiger partial charge on any atom is 0.338 e. The molecule has 27 heavy (non-hydrogen) atoms. The van der Waals surface area contributed by atoms with Crippen molar-refractivity contribution in [1.82, 2.24) is 5.32 Å². The van der Waals surface area contributed by atoms with E-state index in [0.717, 1.165) is 18.8 Å². The number of halogens is 1. The third kappa shape index (κ3) is 11.2. The van der Waals surface area contributed by atoms with E-state index in [9.17, 15) is 4.79 Å². The van der Waals surface area contributed by atoms with Gasteiger partial charge in [-0.2, -0.15) is 0 Å². The highest BCUT2D eigenvalue weighted by Gasteiger charge is 2.09. The van der Waals surface area contributed by atoms with E-state index in [1.165, 1.54) is 32.1 Å². The lowest BCUT2D eigenvalue weighted by Gasteiger charge is -2.21. The molecule has 1 rings (SSSR count). The summed E-state index contributed by atoms with van der Waals surface area (Å²) in [6.45, 7) is 11.7. The largest absolute Gasteiger partial charge is 0.461 e. The molecule has 158 valence electrons. The van der Waals surface area contributed by atoms with Gasteiger partial charge >= 0.3 is 5.97 Å². The summed E-state index contributed by atoms with van der Waals surface area (Å²) < 4.78 is 5.36. The molecule has 1 aromatic rings. The quantitative estimate of drug-likeness (QED) is 0.395. The van der Waals surface area contributed by atoms with Crippen LogP contribution < -0.4 is 10.2 Å². The summed E-state index contributed by atoms with van der Waals surface area (Å²) in [6.07, 6.45) is 6.34. The molecule has 5 nitrogen and oxygen atoms in total. The van der Waals surface area contributed by atoms with Crippen LogP contribution in [0.25, 0.3) is 0 Å². The summed E-state index contributed by atoms with van der Waals surface area (Å²) in [5.74, 6) is -0.247. The van der Waals surface area contributed by atoms with Crippen molar-refractivity contribution >= 4 is 24.1 Å². The van der Waals surface area contributed by atoms with Crippen molar-refractivity contribution < 1.29 is 15.0 Å². The number of unbranched alkanes of at least 4 members (excludes halogenated alkanes) is 3. The zero-order chi connectivity index (χ0) is 18.5. The van der Waals surface area contributed by atoms with Crippen LogP contribution in [0.4, 0.5) is 5.69 Å². The number of nitrogens with zero attached hydrogens (tertiary/aromatic N) is 1.